The summed E-state index contributed by atoms with van der Waals surface area (Å²) in [5.41, 5.74) is -0.127. The molecular formula is C9H6O4. The van der Waals surface area contributed by atoms with E-state index in [1.165, 1.54) is 24.5 Å². The van der Waals surface area contributed by atoms with E-state index in [1.807, 2.05) is 0 Å². The van der Waals surface area contributed by atoms with Crippen LogP contribution in [0, 0.1) is 0 Å². The summed E-state index contributed by atoms with van der Waals surface area (Å²) in [6, 6.07) is 3.87. The number of fused-ring (bicyclic) bond motifs is 1. The van der Waals surface area contributed by atoms with Crippen LogP contribution in [0.1, 0.15) is 0 Å². The second kappa shape index (κ2) is 2.52. The maximum atomic E-state index is 11.2. The molecule has 0 bridgehead atoms. The van der Waals surface area contributed by atoms with Crippen LogP contribution in [0.4, 0.5) is 0 Å². The average Bonchev–Trinajstić information content (AvgIpc) is 2.12. The van der Waals surface area contributed by atoms with Crippen LogP contribution in [0.5, 0.6) is 11.5 Å². The highest BCUT2D eigenvalue weighted by Crippen LogP contribution is 2.30. The van der Waals surface area contributed by atoms with Crippen molar-refractivity contribution in [2.45, 2.75) is 0 Å². The first-order valence-corrected chi connectivity index (χ1v) is 3.62. The molecule has 0 amide bonds. The van der Waals surface area contributed by atoms with Gasteiger partial charge in [0.05, 0.1) is 6.26 Å². The van der Waals surface area contributed by atoms with E-state index in [1.54, 1.807) is 0 Å². The van der Waals surface area contributed by atoms with Gasteiger partial charge in [-0.05, 0) is 12.1 Å². The SMILES string of the molecule is O=c1ccoc2ccc(O)c(O)c12. The lowest BCUT2D eigenvalue weighted by Gasteiger charge is -1.99. The van der Waals surface area contributed by atoms with E-state index < -0.39 is 5.75 Å². The minimum atomic E-state index is -0.438. The van der Waals surface area contributed by atoms with E-state index >= 15 is 0 Å². The van der Waals surface area contributed by atoms with Crippen molar-refractivity contribution < 1.29 is 14.6 Å². The molecule has 0 radical (unpaired) electrons. The highest BCUT2D eigenvalue weighted by atomic mass is 16.3. The van der Waals surface area contributed by atoms with Crippen LogP contribution in [-0.4, -0.2) is 10.2 Å². The molecule has 1 aromatic heterocycles. The lowest BCUT2D eigenvalue weighted by Crippen LogP contribution is -1.97. The molecule has 0 saturated carbocycles. The summed E-state index contributed by atoms with van der Waals surface area (Å²) in [7, 11) is 0. The molecule has 1 aromatic carbocycles. The van der Waals surface area contributed by atoms with E-state index in [2.05, 4.69) is 0 Å². The van der Waals surface area contributed by atoms with Gasteiger partial charge < -0.3 is 14.6 Å². The summed E-state index contributed by atoms with van der Waals surface area (Å²) in [6.45, 7) is 0. The largest absolute Gasteiger partial charge is 0.504 e. The zero-order valence-corrected chi connectivity index (χ0v) is 6.52. The molecule has 66 valence electrons. The quantitative estimate of drug-likeness (QED) is 0.594. The number of hydrogen-bond donors (Lipinski definition) is 2. The maximum Gasteiger partial charge on any atom is 0.196 e. The van der Waals surface area contributed by atoms with Crippen molar-refractivity contribution in [3.8, 4) is 11.5 Å². The first-order valence-electron chi connectivity index (χ1n) is 3.62. The Hall–Kier alpha value is -1.97. The van der Waals surface area contributed by atoms with Crippen molar-refractivity contribution in [1.29, 1.82) is 0 Å². The standard InChI is InChI=1S/C9H6O4/c10-5-3-4-13-7-2-1-6(11)9(12)8(5)7/h1-4,11-12H. The number of aromatic hydroxyl groups is 2. The Morgan fingerprint density at radius 2 is 1.92 bits per heavy atom. The van der Waals surface area contributed by atoms with Crippen molar-refractivity contribution in [2.24, 2.45) is 0 Å². The van der Waals surface area contributed by atoms with Crippen LogP contribution in [0.15, 0.2) is 33.7 Å². The molecule has 4 heteroatoms. The molecule has 1 heterocycles. The van der Waals surface area contributed by atoms with E-state index in [0.717, 1.165) is 0 Å². The summed E-state index contributed by atoms with van der Waals surface area (Å²) in [6.07, 6.45) is 1.24. The highest BCUT2D eigenvalue weighted by molar-refractivity contribution is 5.85. The Labute approximate surface area is 72.7 Å². The van der Waals surface area contributed by atoms with Gasteiger partial charge >= 0.3 is 0 Å². The third-order valence-corrected chi connectivity index (χ3v) is 1.78. The van der Waals surface area contributed by atoms with Gasteiger partial charge in [0.15, 0.2) is 16.9 Å². The molecule has 0 aliphatic heterocycles. The lowest BCUT2D eigenvalue weighted by molar-refractivity contribution is 0.407. The minimum Gasteiger partial charge on any atom is -0.504 e. The topological polar surface area (TPSA) is 70.7 Å². The number of rotatable bonds is 0. The van der Waals surface area contributed by atoms with Gasteiger partial charge in [-0.25, -0.2) is 0 Å². The van der Waals surface area contributed by atoms with Crippen LogP contribution >= 0.6 is 0 Å². The second-order valence-electron chi connectivity index (χ2n) is 2.59. The molecule has 0 atom stereocenters. The number of phenolic OH excluding ortho intramolecular Hbond substituents is 2. The molecule has 0 spiro atoms. The van der Waals surface area contributed by atoms with Gasteiger partial charge in [-0.2, -0.15) is 0 Å². The highest BCUT2D eigenvalue weighted by Gasteiger charge is 2.09. The second-order valence-corrected chi connectivity index (χ2v) is 2.59. The first kappa shape index (κ1) is 7.67. The fourth-order valence-electron chi connectivity index (χ4n) is 1.15. The Balaban J connectivity index is 3.06. The fourth-order valence-corrected chi connectivity index (χ4v) is 1.15. The average molecular weight is 178 g/mol. The monoisotopic (exact) mass is 178 g/mol. The summed E-state index contributed by atoms with van der Waals surface area (Å²) >= 11 is 0. The zero-order chi connectivity index (χ0) is 9.42. The normalized spacial score (nSPS) is 10.5. The van der Waals surface area contributed by atoms with Crippen molar-refractivity contribution >= 4 is 11.0 Å². The van der Waals surface area contributed by atoms with Crippen LogP contribution in [-0.2, 0) is 0 Å². The molecule has 0 saturated heterocycles. The first-order chi connectivity index (χ1) is 6.20. The van der Waals surface area contributed by atoms with Crippen molar-refractivity contribution in [3.63, 3.8) is 0 Å². The summed E-state index contributed by atoms with van der Waals surface area (Å²) < 4.78 is 4.96. The maximum absolute atomic E-state index is 11.2. The molecule has 2 N–H and O–H groups in total. The molecule has 0 aliphatic rings. The smallest absolute Gasteiger partial charge is 0.196 e. The Morgan fingerprint density at radius 1 is 1.15 bits per heavy atom. The molecule has 0 fully saturated rings. The summed E-state index contributed by atoms with van der Waals surface area (Å²) in [5.74, 6) is -0.766. The van der Waals surface area contributed by atoms with E-state index in [4.69, 9.17) is 9.52 Å². The van der Waals surface area contributed by atoms with Gasteiger partial charge in [0, 0.05) is 6.07 Å². The van der Waals surface area contributed by atoms with Crippen molar-refractivity contribution in [3.05, 3.63) is 34.7 Å². The minimum absolute atomic E-state index is 0.00231. The third-order valence-electron chi connectivity index (χ3n) is 1.78. The predicted octanol–water partition coefficient (Wildman–Crippen LogP) is 1.20. The fraction of sp³-hybridized carbons (Fsp3) is 0. The lowest BCUT2D eigenvalue weighted by atomic mass is 10.2. The van der Waals surface area contributed by atoms with Gasteiger partial charge in [-0.1, -0.05) is 0 Å². The van der Waals surface area contributed by atoms with Crippen LogP contribution in [0.25, 0.3) is 11.0 Å². The molecule has 4 nitrogen and oxygen atoms in total. The molecule has 0 aliphatic carbocycles. The third kappa shape index (κ3) is 1.03. The van der Waals surface area contributed by atoms with Crippen molar-refractivity contribution in [1.82, 2.24) is 0 Å². The number of hydrogen-bond acceptors (Lipinski definition) is 4. The Kier molecular flexibility index (Phi) is 1.48. The van der Waals surface area contributed by atoms with Crippen LogP contribution in [0.3, 0.4) is 0 Å². The zero-order valence-electron chi connectivity index (χ0n) is 6.52. The predicted molar refractivity (Wildman–Crippen MR) is 45.8 cm³/mol. The molecular weight excluding hydrogens is 172 g/mol. The van der Waals surface area contributed by atoms with Crippen LogP contribution in [0.2, 0.25) is 0 Å². The van der Waals surface area contributed by atoms with E-state index in [-0.39, 0.29) is 22.1 Å². The van der Waals surface area contributed by atoms with Gasteiger partial charge in [0.25, 0.3) is 0 Å². The Bertz CT molecular complexity index is 512. The summed E-state index contributed by atoms with van der Waals surface area (Å²) in [5, 5.41) is 18.4. The van der Waals surface area contributed by atoms with E-state index in [0.29, 0.717) is 0 Å². The van der Waals surface area contributed by atoms with Gasteiger partial charge in [-0.15, -0.1) is 0 Å². The van der Waals surface area contributed by atoms with Crippen LogP contribution < -0.4 is 5.43 Å². The van der Waals surface area contributed by atoms with Gasteiger partial charge in [0.2, 0.25) is 0 Å². The number of phenols is 2. The molecule has 2 rings (SSSR count). The van der Waals surface area contributed by atoms with E-state index in [9.17, 15) is 9.90 Å². The van der Waals surface area contributed by atoms with Gasteiger partial charge in [0.1, 0.15) is 11.0 Å². The van der Waals surface area contributed by atoms with Crippen molar-refractivity contribution in [2.75, 3.05) is 0 Å². The molecule has 13 heavy (non-hydrogen) atoms. The Morgan fingerprint density at radius 3 is 2.69 bits per heavy atom. The molecule has 2 aromatic rings. The number of benzene rings is 1. The molecule has 0 unspecified atom stereocenters. The summed E-state index contributed by atoms with van der Waals surface area (Å²) in [4.78, 5) is 11.2. The van der Waals surface area contributed by atoms with Gasteiger partial charge in [-0.3, -0.25) is 4.79 Å².